The number of carbonyl (C=O) groups is 1. The van der Waals surface area contributed by atoms with Crippen LogP contribution in [0.5, 0.6) is 5.75 Å². The first kappa shape index (κ1) is 23.7. The normalized spacial score (nSPS) is 14.9. The van der Waals surface area contributed by atoms with Crippen LogP contribution in [0, 0.1) is 6.92 Å². The Morgan fingerprint density at radius 1 is 0.971 bits per heavy atom. The molecular formula is C26H27N3O4S. The molecule has 0 aliphatic carbocycles. The summed E-state index contributed by atoms with van der Waals surface area (Å²) in [6.07, 6.45) is 5.00. The van der Waals surface area contributed by atoms with Crippen LogP contribution in [0.2, 0.25) is 0 Å². The van der Waals surface area contributed by atoms with Crippen molar-refractivity contribution in [3.05, 3.63) is 95.8 Å². The second-order valence-corrected chi connectivity index (χ2v) is 9.99. The van der Waals surface area contributed by atoms with Crippen LogP contribution in [-0.2, 0) is 21.4 Å². The van der Waals surface area contributed by atoms with Crippen molar-refractivity contribution >= 4 is 22.0 Å². The molecule has 2 aromatic carbocycles. The van der Waals surface area contributed by atoms with Gasteiger partial charge in [0.15, 0.2) is 0 Å². The molecule has 1 saturated heterocycles. The number of aryl methyl sites for hydroxylation is 1. The lowest BCUT2D eigenvalue weighted by atomic mass is 10.2. The van der Waals surface area contributed by atoms with Gasteiger partial charge in [-0.25, -0.2) is 8.42 Å². The predicted octanol–water partition coefficient (Wildman–Crippen LogP) is 3.52. The zero-order chi connectivity index (χ0) is 24.0. The van der Waals surface area contributed by atoms with Gasteiger partial charge in [0.05, 0.1) is 10.6 Å². The van der Waals surface area contributed by atoms with Crippen LogP contribution in [0.1, 0.15) is 16.8 Å². The minimum Gasteiger partial charge on any atom is -0.487 e. The lowest BCUT2D eigenvalue weighted by Gasteiger charge is -2.33. The Labute approximate surface area is 200 Å². The summed E-state index contributed by atoms with van der Waals surface area (Å²) >= 11 is 0. The number of pyridine rings is 1. The Bertz CT molecular complexity index is 1230. The molecule has 3 aromatic rings. The van der Waals surface area contributed by atoms with Gasteiger partial charge in [-0.2, -0.15) is 4.31 Å². The minimum absolute atomic E-state index is 0.136. The van der Waals surface area contributed by atoms with Crippen molar-refractivity contribution in [1.29, 1.82) is 0 Å². The molecule has 0 atom stereocenters. The molecule has 8 heteroatoms. The van der Waals surface area contributed by atoms with E-state index in [1.54, 1.807) is 41.4 Å². The Balaban J connectivity index is 1.28. The number of amides is 1. The molecule has 1 aliphatic heterocycles. The average molecular weight is 478 g/mol. The summed E-state index contributed by atoms with van der Waals surface area (Å²) in [5, 5.41) is 0. The van der Waals surface area contributed by atoms with Crippen LogP contribution in [0.3, 0.4) is 0 Å². The highest BCUT2D eigenvalue weighted by Gasteiger charge is 2.29. The third kappa shape index (κ3) is 5.89. The van der Waals surface area contributed by atoms with Crippen molar-refractivity contribution in [2.75, 3.05) is 26.2 Å². The number of hydrogen-bond acceptors (Lipinski definition) is 5. The maximum Gasteiger partial charge on any atom is 0.246 e. The van der Waals surface area contributed by atoms with E-state index in [2.05, 4.69) is 4.98 Å². The first-order valence-electron chi connectivity index (χ1n) is 11.1. The zero-order valence-electron chi connectivity index (χ0n) is 19.0. The number of sulfonamides is 1. The molecule has 1 aliphatic rings. The van der Waals surface area contributed by atoms with E-state index >= 15 is 0 Å². The predicted molar refractivity (Wildman–Crippen MR) is 131 cm³/mol. The summed E-state index contributed by atoms with van der Waals surface area (Å²) in [6, 6.07) is 20.0. The van der Waals surface area contributed by atoms with Crippen molar-refractivity contribution in [3.8, 4) is 5.75 Å². The molecule has 1 amide bonds. The van der Waals surface area contributed by atoms with Crippen molar-refractivity contribution in [2.45, 2.75) is 18.4 Å². The Morgan fingerprint density at radius 3 is 2.32 bits per heavy atom. The number of benzene rings is 2. The molecule has 4 rings (SSSR count). The largest absolute Gasteiger partial charge is 0.487 e. The molecule has 0 bridgehead atoms. The molecule has 1 fully saturated rings. The van der Waals surface area contributed by atoms with E-state index in [0.717, 1.165) is 22.6 Å². The number of carbonyl (C=O) groups excluding carboxylic acids is 1. The monoisotopic (exact) mass is 477 g/mol. The fraction of sp³-hybridized carbons (Fsp3) is 0.231. The fourth-order valence-corrected chi connectivity index (χ4v) is 5.02. The van der Waals surface area contributed by atoms with Crippen LogP contribution >= 0.6 is 0 Å². The van der Waals surface area contributed by atoms with Gasteiger partial charge in [-0.15, -0.1) is 0 Å². The standard InChI is InChI=1S/C26H27N3O4S/c1-21-5-12-25(13-6-21)34(31,32)29-18-16-28(17-19-29)26(30)14-9-22-7-10-24(11-8-22)33-20-23-4-2-3-15-27-23/h2-15H,16-20H2,1H3/b14-9+. The van der Waals surface area contributed by atoms with Crippen LogP contribution in [-0.4, -0.2) is 54.7 Å². The summed E-state index contributed by atoms with van der Waals surface area (Å²) in [5.74, 6) is 0.586. The highest BCUT2D eigenvalue weighted by atomic mass is 32.2. The van der Waals surface area contributed by atoms with E-state index in [0.29, 0.717) is 19.7 Å². The number of rotatable bonds is 7. The van der Waals surface area contributed by atoms with Gasteiger partial charge in [-0.05, 0) is 55.0 Å². The third-order valence-electron chi connectivity index (χ3n) is 5.62. The molecule has 176 valence electrons. The van der Waals surface area contributed by atoms with Gasteiger partial charge in [0.1, 0.15) is 12.4 Å². The lowest BCUT2D eigenvalue weighted by Crippen LogP contribution is -2.50. The smallest absolute Gasteiger partial charge is 0.246 e. The molecular weight excluding hydrogens is 450 g/mol. The van der Waals surface area contributed by atoms with Gasteiger partial charge in [-0.3, -0.25) is 9.78 Å². The van der Waals surface area contributed by atoms with Gasteiger partial charge >= 0.3 is 0 Å². The van der Waals surface area contributed by atoms with Gasteiger partial charge < -0.3 is 9.64 Å². The second kappa shape index (κ2) is 10.6. The van der Waals surface area contributed by atoms with E-state index in [1.165, 1.54) is 10.4 Å². The Kier molecular flexibility index (Phi) is 7.40. The minimum atomic E-state index is -3.55. The number of nitrogens with zero attached hydrogens (tertiary/aromatic N) is 3. The van der Waals surface area contributed by atoms with Crippen LogP contribution in [0.15, 0.2) is 83.9 Å². The molecule has 0 spiro atoms. The van der Waals surface area contributed by atoms with Crippen molar-refractivity contribution in [1.82, 2.24) is 14.2 Å². The Hall–Kier alpha value is -3.49. The van der Waals surface area contributed by atoms with Crippen molar-refractivity contribution in [2.24, 2.45) is 0 Å². The van der Waals surface area contributed by atoms with E-state index in [-0.39, 0.29) is 23.9 Å². The van der Waals surface area contributed by atoms with Crippen LogP contribution < -0.4 is 4.74 Å². The highest BCUT2D eigenvalue weighted by Crippen LogP contribution is 2.19. The van der Waals surface area contributed by atoms with Gasteiger partial charge in [0, 0.05) is 38.5 Å². The number of piperazine rings is 1. The topological polar surface area (TPSA) is 79.8 Å². The average Bonchev–Trinajstić information content (AvgIpc) is 2.87. The van der Waals surface area contributed by atoms with E-state index in [4.69, 9.17) is 4.74 Å². The number of aromatic nitrogens is 1. The van der Waals surface area contributed by atoms with Crippen LogP contribution in [0.4, 0.5) is 0 Å². The van der Waals surface area contributed by atoms with Crippen molar-refractivity contribution in [3.63, 3.8) is 0 Å². The molecule has 0 radical (unpaired) electrons. The Morgan fingerprint density at radius 2 is 1.68 bits per heavy atom. The molecule has 0 N–H and O–H groups in total. The summed E-state index contributed by atoms with van der Waals surface area (Å²) in [4.78, 5) is 18.8. The van der Waals surface area contributed by atoms with E-state index < -0.39 is 10.0 Å². The quantitative estimate of drug-likeness (QED) is 0.487. The maximum absolute atomic E-state index is 12.8. The van der Waals surface area contributed by atoms with Crippen molar-refractivity contribution < 1.29 is 17.9 Å². The molecule has 0 unspecified atom stereocenters. The molecule has 7 nitrogen and oxygen atoms in total. The van der Waals surface area contributed by atoms with Crippen LogP contribution in [0.25, 0.3) is 6.08 Å². The SMILES string of the molecule is Cc1ccc(S(=O)(=O)N2CCN(C(=O)/C=C/c3ccc(OCc4ccccn4)cc3)CC2)cc1. The summed E-state index contributed by atoms with van der Waals surface area (Å²) < 4.78 is 32.8. The lowest BCUT2D eigenvalue weighted by molar-refractivity contribution is -0.127. The number of ether oxygens (including phenoxy) is 1. The summed E-state index contributed by atoms with van der Waals surface area (Å²) in [7, 11) is -3.55. The maximum atomic E-state index is 12.8. The molecule has 1 aromatic heterocycles. The van der Waals surface area contributed by atoms with Gasteiger partial charge in [-0.1, -0.05) is 35.9 Å². The molecule has 34 heavy (non-hydrogen) atoms. The third-order valence-corrected chi connectivity index (χ3v) is 7.53. The fourth-order valence-electron chi connectivity index (χ4n) is 3.60. The first-order valence-corrected chi connectivity index (χ1v) is 12.5. The highest BCUT2D eigenvalue weighted by molar-refractivity contribution is 7.89. The summed E-state index contributed by atoms with van der Waals surface area (Å²) in [5.41, 5.74) is 2.73. The zero-order valence-corrected chi connectivity index (χ0v) is 19.8. The molecule has 0 saturated carbocycles. The molecule has 2 heterocycles. The second-order valence-electron chi connectivity index (χ2n) is 8.05. The van der Waals surface area contributed by atoms with E-state index in [1.807, 2.05) is 49.4 Å². The summed E-state index contributed by atoms with van der Waals surface area (Å²) in [6.45, 7) is 3.57. The first-order chi connectivity index (χ1) is 16.4. The number of hydrogen-bond donors (Lipinski definition) is 0. The van der Waals surface area contributed by atoms with Gasteiger partial charge in [0.25, 0.3) is 0 Å². The van der Waals surface area contributed by atoms with Gasteiger partial charge in [0.2, 0.25) is 15.9 Å². The van der Waals surface area contributed by atoms with E-state index in [9.17, 15) is 13.2 Å².